The van der Waals surface area contributed by atoms with Gasteiger partial charge in [0.1, 0.15) is 18.2 Å². The summed E-state index contributed by atoms with van der Waals surface area (Å²) in [7, 11) is 0. The standard InChI is InChI=1S/C61H45B2N7O/c1-65-56-27-8-6-25-54(56)64-61(65)70-55-26-7-5-20-48(55)49-31-30-46(41-59(49)70)71-47-39-44(43-18-3-2-4-19-43)38-45(40-47)68-42-69(58-29-10-9-28-57(58)68)60-50(52-23-16-36-66-34-13-11-32-62(52)66)21-15-22-51(60)53-24-17-37-67-35-14-12-33-63(53)67/h2-41H,42H2,1H3/i1D3,5D,7D,20D,26D. The molecule has 0 N–H and O–H groups in total. The van der Waals surface area contributed by atoms with Crippen molar-refractivity contribution in [1.82, 2.24) is 23.7 Å². The van der Waals surface area contributed by atoms with Crippen LogP contribution >= 0.6 is 0 Å². The zero-order chi connectivity index (χ0) is 53.0. The number of fused-ring (bicyclic) bond motifs is 7. The lowest BCUT2D eigenvalue weighted by molar-refractivity contribution is 0.483. The number of aryl methyl sites for hydroxylation is 1. The van der Waals surface area contributed by atoms with Gasteiger partial charge in [-0.05, 0) is 137 Å². The molecule has 0 spiro atoms. The molecule has 7 heterocycles. The lowest BCUT2D eigenvalue weighted by Gasteiger charge is -2.35. The second-order valence-electron chi connectivity index (χ2n) is 18.0. The third-order valence-corrected chi connectivity index (χ3v) is 14.0. The number of nitrogens with zero attached hydrogens (tertiary/aromatic N) is 7. The zero-order valence-electron chi connectivity index (χ0n) is 45.2. The van der Waals surface area contributed by atoms with Gasteiger partial charge in [0, 0.05) is 39.7 Å². The minimum Gasteiger partial charge on any atom is -0.457 e. The highest BCUT2D eigenvalue weighted by molar-refractivity contribution is 6.83. The Morgan fingerprint density at radius 3 is 2.01 bits per heavy atom. The van der Waals surface area contributed by atoms with E-state index in [0.29, 0.717) is 40.1 Å². The monoisotopic (exact) mass is 920 g/mol. The molecular formula is C61H45B2N7O. The van der Waals surface area contributed by atoms with Crippen LogP contribution in [0.5, 0.6) is 11.5 Å². The number of anilines is 4. The lowest BCUT2D eigenvalue weighted by atomic mass is 9.48. The molecule has 0 aliphatic carbocycles. The van der Waals surface area contributed by atoms with E-state index >= 15 is 0 Å². The molecule has 0 unspecified atom stereocenters. The molecule has 0 bridgehead atoms. The summed E-state index contributed by atoms with van der Waals surface area (Å²) in [6, 6.07) is 42.4. The molecule has 5 aliphatic heterocycles. The van der Waals surface area contributed by atoms with Crippen LogP contribution in [0.2, 0.25) is 0 Å². The molecular weight excluding hydrogens is 868 g/mol. The van der Waals surface area contributed by atoms with Gasteiger partial charge in [-0.1, -0.05) is 127 Å². The maximum absolute atomic E-state index is 9.22. The maximum Gasteiger partial charge on any atom is 0.320 e. The second-order valence-corrected chi connectivity index (χ2v) is 18.0. The topological polar surface area (TPSA) is 44.9 Å². The Morgan fingerprint density at radius 1 is 0.563 bits per heavy atom. The molecule has 0 saturated carbocycles. The smallest absolute Gasteiger partial charge is 0.320 e. The third-order valence-electron chi connectivity index (χ3n) is 14.0. The van der Waals surface area contributed by atoms with Crippen molar-refractivity contribution in [2.24, 2.45) is 6.98 Å². The van der Waals surface area contributed by atoms with Gasteiger partial charge in [0.05, 0.1) is 44.6 Å². The van der Waals surface area contributed by atoms with Gasteiger partial charge in [0.25, 0.3) is 0 Å². The van der Waals surface area contributed by atoms with Crippen molar-refractivity contribution in [3.05, 3.63) is 254 Å². The molecule has 0 amide bonds. The highest BCUT2D eigenvalue weighted by Crippen LogP contribution is 2.51. The molecule has 0 fully saturated rings. The van der Waals surface area contributed by atoms with Crippen molar-refractivity contribution >= 4 is 80.2 Å². The van der Waals surface area contributed by atoms with Gasteiger partial charge in [0.15, 0.2) is 0 Å². The van der Waals surface area contributed by atoms with Crippen molar-refractivity contribution in [1.29, 1.82) is 0 Å². The molecule has 0 atom stereocenters. The molecule has 2 aromatic heterocycles. The third kappa shape index (κ3) is 6.74. The number of allylic oxidation sites excluding steroid dienone is 8. The number of aromatic nitrogens is 3. The van der Waals surface area contributed by atoms with E-state index in [0.717, 1.165) is 49.6 Å². The Labute approximate surface area is 423 Å². The molecule has 9 aromatic rings. The first-order chi connectivity index (χ1) is 38.0. The number of hydrogen-bond donors (Lipinski definition) is 0. The first-order valence-corrected chi connectivity index (χ1v) is 23.7. The second kappa shape index (κ2) is 16.5. The first kappa shape index (κ1) is 34.2. The van der Waals surface area contributed by atoms with E-state index in [1.165, 1.54) is 15.5 Å². The highest BCUT2D eigenvalue weighted by atomic mass is 16.5. The average molecular weight is 921 g/mol. The molecule has 336 valence electrons. The zero-order valence-corrected chi connectivity index (χ0v) is 38.2. The summed E-state index contributed by atoms with van der Waals surface area (Å²) in [6.45, 7) is -2.26. The predicted octanol–water partition coefficient (Wildman–Crippen LogP) is 14.1. The molecule has 14 rings (SSSR count). The Kier molecular flexibility index (Phi) is 7.96. The normalized spacial score (nSPS) is 17.2. The molecule has 10 heteroatoms. The van der Waals surface area contributed by atoms with E-state index in [1.54, 1.807) is 42.5 Å². The van der Waals surface area contributed by atoms with Gasteiger partial charge in [0.2, 0.25) is 5.95 Å². The molecule has 71 heavy (non-hydrogen) atoms. The summed E-state index contributed by atoms with van der Waals surface area (Å²) in [5, 5.41) is 0.719. The van der Waals surface area contributed by atoms with Crippen LogP contribution in [-0.2, 0) is 6.98 Å². The van der Waals surface area contributed by atoms with Crippen LogP contribution in [0, 0.1) is 0 Å². The van der Waals surface area contributed by atoms with E-state index in [2.05, 4.69) is 165 Å². The molecule has 0 radical (unpaired) electrons. The predicted molar refractivity (Wildman–Crippen MR) is 295 cm³/mol. The van der Waals surface area contributed by atoms with Gasteiger partial charge >= 0.3 is 13.7 Å². The first-order valence-electron chi connectivity index (χ1n) is 27.2. The van der Waals surface area contributed by atoms with E-state index in [1.807, 2.05) is 30.3 Å². The fourth-order valence-electron chi connectivity index (χ4n) is 10.8. The summed E-state index contributed by atoms with van der Waals surface area (Å²) >= 11 is 0. The van der Waals surface area contributed by atoms with Gasteiger partial charge in [-0.3, -0.25) is 4.57 Å². The van der Waals surface area contributed by atoms with Crippen LogP contribution in [-0.4, -0.2) is 44.1 Å². The quantitative estimate of drug-likeness (QED) is 0.142. The summed E-state index contributed by atoms with van der Waals surface area (Å²) in [5.74, 6) is 5.39. The summed E-state index contributed by atoms with van der Waals surface area (Å²) in [6.07, 6.45) is 25.6. The van der Waals surface area contributed by atoms with Crippen molar-refractivity contribution < 1.29 is 14.3 Å². The Balaban J connectivity index is 0.928. The molecule has 5 aliphatic rings. The van der Waals surface area contributed by atoms with Crippen LogP contribution < -0.4 is 14.5 Å². The van der Waals surface area contributed by atoms with Crippen molar-refractivity contribution in [2.45, 2.75) is 0 Å². The summed E-state index contributed by atoms with van der Waals surface area (Å²) in [5.41, 5.74) is 11.8. The average Bonchev–Trinajstić information content (AvgIpc) is 4.32. The van der Waals surface area contributed by atoms with E-state index in [-0.39, 0.29) is 42.6 Å². The van der Waals surface area contributed by atoms with Gasteiger partial charge in [-0.2, -0.15) is 0 Å². The number of rotatable bonds is 8. The van der Waals surface area contributed by atoms with Crippen molar-refractivity contribution in [3.63, 3.8) is 0 Å². The molecule has 0 saturated heterocycles. The van der Waals surface area contributed by atoms with Gasteiger partial charge < -0.3 is 28.7 Å². The molecule has 7 aromatic carbocycles. The van der Waals surface area contributed by atoms with Crippen LogP contribution in [0.3, 0.4) is 0 Å². The summed E-state index contributed by atoms with van der Waals surface area (Å²) < 4.78 is 71.5. The van der Waals surface area contributed by atoms with Gasteiger partial charge in [-0.15, -0.1) is 0 Å². The number of ether oxygens (including phenoxy) is 1. The Morgan fingerprint density at radius 2 is 1.25 bits per heavy atom. The number of benzene rings is 7. The Hall–Kier alpha value is -9.14. The van der Waals surface area contributed by atoms with Crippen molar-refractivity contribution in [2.75, 3.05) is 16.5 Å². The largest absolute Gasteiger partial charge is 0.457 e. The number of hydrogen-bond acceptors (Lipinski definition) is 6. The van der Waals surface area contributed by atoms with E-state index in [4.69, 9.17) is 17.9 Å². The highest BCUT2D eigenvalue weighted by Gasteiger charge is 2.37. The van der Waals surface area contributed by atoms with Crippen molar-refractivity contribution in [3.8, 4) is 28.6 Å². The van der Waals surface area contributed by atoms with Crippen LogP contribution in [0.4, 0.5) is 22.7 Å². The van der Waals surface area contributed by atoms with E-state index in [9.17, 15) is 1.37 Å². The fourth-order valence-corrected chi connectivity index (χ4v) is 10.8. The molecule has 8 nitrogen and oxygen atoms in total. The van der Waals surface area contributed by atoms with Crippen LogP contribution in [0.25, 0.3) is 60.9 Å². The minimum absolute atomic E-state index is 0.00352. The van der Waals surface area contributed by atoms with Crippen LogP contribution in [0.1, 0.15) is 20.7 Å². The lowest BCUT2D eigenvalue weighted by Crippen LogP contribution is -2.36. The number of para-hydroxylation sites is 6. The fraction of sp³-hybridized carbons (Fsp3) is 0.0328. The Bertz CT molecular complexity index is 4190. The van der Waals surface area contributed by atoms with Gasteiger partial charge in [-0.25, -0.2) is 4.98 Å². The van der Waals surface area contributed by atoms with Crippen LogP contribution in [0.15, 0.2) is 243 Å². The van der Waals surface area contributed by atoms with E-state index < -0.39 is 19.1 Å². The summed E-state index contributed by atoms with van der Waals surface area (Å²) in [4.78, 5) is 14.1. The number of imidazole rings is 1. The minimum atomic E-state index is -2.71. The SMILES string of the molecule is [2H]c1c([2H])c([2H])c2c(c1[2H])c1ccc(Oc3cc(-c4ccccc4)cc(N4CN(c5c(C6=CC=CN7C=CC=CB67)cccc5C5=CC=CN6C=CC=CB56)c5ccccc54)c3)cc1n2-c1nc2ccccc2n1C([2H])([2H])[2H]. The maximum atomic E-state index is 9.22.